The van der Waals surface area contributed by atoms with Gasteiger partial charge < -0.3 is 19.7 Å². The summed E-state index contributed by atoms with van der Waals surface area (Å²) >= 11 is 0. The number of nitrogens with one attached hydrogen (secondary N) is 1. The van der Waals surface area contributed by atoms with E-state index in [0.717, 1.165) is 26.1 Å². The number of carbonyl (C=O) groups is 1. The van der Waals surface area contributed by atoms with Crippen LogP contribution in [0.25, 0.3) is 0 Å². The molecule has 1 atom stereocenters. The zero-order chi connectivity index (χ0) is 16.5. The van der Waals surface area contributed by atoms with Crippen LogP contribution in [-0.2, 0) is 4.74 Å². The van der Waals surface area contributed by atoms with E-state index in [2.05, 4.69) is 5.32 Å². The lowest BCUT2D eigenvalue weighted by molar-refractivity contribution is 0.0665. The van der Waals surface area contributed by atoms with Gasteiger partial charge in [0.15, 0.2) is 0 Å². The zero-order valence-corrected chi connectivity index (χ0v) is 14.2. The van der Waals surface area contributed by atoms with Gasteiger partial charge in [0.25, 0.3) is 5.91 Å². The first-order valence-corrected chi connectivity index (χ1v) is 8.49. The third-order valence-electron chi connectivity index (χ3n) is 4.11. The molecule has 1 aromatic rings. The summed E-state index contributed by atoms with van der Waals surface area (Å²) < 4.78 is 11.0. The molecule has 0 saturated carbocycles. The van der Waals surface area contributed by atoms with Crippen molar-refractivity contribution in [3.8, 4) is 5.75 Å². The number of piperidine rings is 1. The minimum absolute atomic E-state index is 0.0674. The van der Waals surface area contributed by atoms with Crippen LogP contribution in [0.2, 0.25) is 0 Å². The lowest BCUT2D eigenvalue weighted by Crippen LogP contribution is -2.42. The summed E-state index contributed by atoms with van der Waals surface area (Å²) in [5.74, 6) is 1.24. The minimum atomic E-state index is 0.0674. The van der Waals surface area contributed by atoms with Gasteiger partial charge in [-0.1, -0.05) is 12.1 Å². The molecule has 1 fully saturated rings. The number of benzene rings is 1. The Labute approximate surface area is 139 Å². The van der Waals surface area contributed by atoms with Crippen LogP contribution in [-0.4, -0.2) is 57.3 Å². The third-order valence-corrected chi connectivity index (χ3v) is 4.11. The Hall–Kier alpha value is -1.59. The molecule has 0 bridgehead atoms. The predicted octanol–water partition coefficient (Wildman–Crippen LogP) is 2.17. The second kappa shape index (κ2) is 9.53. The minimum Gasteiger partial charge on any atom is -0.490 e. The van der Waals surface area contributed by atoms with Crippen molar-refractivity contribution in [3.63, 3.8) is 0 Å². The Kier molecular flexibility index (Phi) is 7.36. The summed E-state index contributed by atoms with van der Waals surface area (Å²) in [5.41, 5.74) is 0.647. The molecule has 23 heavy (non-hydrogen) atoms. The van der Waals surface area contributed by atoms with Crippen LogP contribution in [0.3, 0.4) is 0 Å². The van der Waals surface area contributed by atoms with Crippen LogP contribution in [0.1, 0.15) is 30.1 Å². The average molecular weight is 320 g/mol. The van der Waals surface area contributed by atoms with Crippen LogP contribution in [0.5, 0.6) is 5.75 Å². The topological polar surface area (TPSA) is 50.8 Å². The van der Waals surface area contributed by atoms with E-state index in [0.29, 0.717) is 37.1 Å². The molecule has 1 N–H and O–H groups in total. The molecule has 0 aliphatic carbocycles. The molecule has 5 heteroatoms. The summed E-state index contributed by atoms with van der Waals surface area (Å²) in [6.07, 6.45) is 2.24. The number of amides is 1. The van der Waals surface area contributed by atoms with E-state index in [4.69, 9.17) is 9.47 Å². The molecule has 0 radical (unpaired) electrons. The van der Waals surface area contributed by atoms with E-state index < -0.39 is 0 Å². The van der Waals surface area contributed by atoms with E-state index in [1.165, 1.54) is 6.42 Å². The number of para-hydroxylation sites is 1. The van der Waals surface area contributed by atoms with Gasteiger partial charge in [-0.25, -0.2) is 0 Å². The van der Waals surface area contributed by atoms with E-state index in [9.17, 15) is 4.79 Å². The first-order valence-electron chi connectivity index (χ1n) is 8.49. The maximum absolute atomic E-state index is 12.9. The van der Waals surface area contributed by atoms with Gasteiger partial charge in [-0.2, -0.15) is 0 Å². The molecule has 5 nitrogen and oxygen atoms in total. The van der Waals surface area contributed by atoms with Gasteiger partial charge in [-0.15, -0.1) is 0 Å². The zero-order valence-electron chi connectivity index (χ0n) is 14.2. The molecule has 128 valence electrons. The van der Waals surface area contributed by atoms with Crippen molar-refractivity contribution < 1.29 is 14.3 Å². The van der Waals surface area contributed by atoms with Crippen LogP contribution in [0, 0.1) is 5.92 Å². The van der Waals surface area contributed by atoms with Gasteiger partial charge >= 0.3 is 0 Å². The number of nitrogens with zero attached hydrogens (tertiary/aromatic N) is 1. The third kappa shape index (κ3) is 5.22. The van der Waals surface area contributed by atoms with Crippen LogP contribution < -0.4 is 10.1 Å². The van der Waals surface area contributed by atoms with Gasteiger partial charge in [0.1, 0.15) is 12.4 Å². The van der Waals surface area contributed by atoms with Crippen molar-refractivity contribution in [3.05, 3.63) is 29.8 Å². The molecule has 1 aliphatic heterocycles. The Bertz CT molecular complexity index is 491. The fourth-order valence-corrected chi connectivity index (χ4v) is 3.00. The number of hydrogen-bond donors (Lipinski definition) is 1. The monoisotopic (exact) mass is 320 g/mol. The highest BCUT2D eigenvalue weighted by Crippen LogP contribution is 2.23. The highest BCUT2D eigenvalue weighted by molar-refractivity contribution is 5.97. The van der Waals surface area contributed by atoms with Crippen molar-refractivity contribution >= 4 is 5.91 Å². The van der Waals surface area contributed by atoms with E-state index in [-0.39, 0.29) is 5.91 Å². The second-order valence-electron chi connectivity index (χ2n) is 5.86. The molecule has 1 aliphatic rings. The van der Waals surface area contributed by atoms with Crippen molar-refractivity contribution in [2.45, 2.75) is 19.8 Å². The van der Waals surface area contributed by atoms with Crippen LogP contribution in [0.15, 0.2) is 24.3 Å². The molecular weight excluding hydrogens is 292 g/mol. The Morgan fingerprint density at radius 1 is 1.35 bits per heavy atom. The quantitative estimate of drug-likeness (QED) is 0.746. The number of likely N-dealkylation sites (tertiary alicyclic amines) is 1. The maximum Gasteiger partial charge on any atom is 0.257 e. The molecule has 0 spiro atoms. The Morgan fingerprint density at radius 2 is 2.17 bits per heavy atom. The van der Waals surface area contributed by atoms with Gasteiger partial charge in [0.2, 0.25) is 0 Å². The first-order chi connectivity index (χ1) is 11.3. The predicted molar refractivity (Wildman–Crippen MR) is 91.0 cm³/mol. The SMILES string of the molecule is CCOCCOc1ccccc1C(=O)N1CCCC(CNC)C1. The van der Waals surface area contributed by atoms with Crippen LogP contribution in [0.4, 0.5) is 0 Å². The molecule has 1 amide bonds. The van der Waals surface area contributed by atoms with Crippen molar-refractivity contribution in [1.29, 1.82) is 0 Å². The highest BCUT2D eigenvalue weighted by atomic mass is 16.5. The van der Waals surface area contributed by atoms with Crippen molar-refractivity contribution in [2.24, 2.45) is 5.92 Å². The molecule has 2 rings (SSSR count). The summed E-state index contributed by atoms with van der Waals surface area (Å²) in [7, 11) is 1.96. The molecule has 1 aromatic carbocycles. The largest absolute Gasteiger partial charge is 0.490 e. The number of carbonyl (C=O) groups excluding carboxylic acids is 1. The fraction of sp³-hybridized carbons (Fsp3) is 0.611. The number of rotatable bonds is 8. The summed E-state index contributed by atoms with van der Waals surface area (Å²) in [6, 6.07) is 7.48. The molecule has 0 aromatic heterocycles. The van der Waals surface area contributed by atoms with Gasteiger partial charge in [0, 0.05) is 19.7 Å². The number of ether oxygens (including phenoxy) is 2. The molecule has 1 saturated heterocycles. The normalized spacial score (nSPS) is 18.0. The van der Waals surface area contributed by atoms with E-state index >= 15 is 0 Å². The van der Waals surface area contributed by atoms with Gasteiger partial charge in [-0.05, 0) is 51.4 Å². The first kappa shape index (κ1) is 17.8. The van der Waals surface area contributed by atoms with Crippen LogP contribution >= 0.6 is 0 Å². The lowest BCUT2D eigenvalue weighted by Gasteiger charge is -2.33. The van der Waals surface area contributed by atoms with Gasteiger partial charge in [-0.3, -0.25) is 4.79 Å². The van der Waals surface area contributed by atoms with E-state index in [1.54, 1.807) is 0 Å². The second-order valence-corrected chi connectivity index (χ2v) is 5.86. The smallest absolute Gasteiger partial charge is 0.257 e. The summed E-state index contributed by atoms with van der Waals surface area (Å²) in [6.45, 7) is 6.21. The standard InChI is InChI=1S/C18H28N2O3/c1-3-22-11-12-23-17-9-5-4-8-16(17)18(21)20-10-6-7-15(14-20)13-19-2/h4-5,8-9,15,19H,3,6-7,10-14H2,1-2H3. The Morgan fingerprint density at radius 3 is 2.96 bits per heavy atom. The Balaban J connectivity index is 2.00. The number of hydrogen-bond acceptors (Lipinski definition) is 4. The molecule has 1 heterocycles. The van der Waals surface area contributed by atoms with Crippen molar-refractivity contribution in [1.82, 2.24) is 10.2 Å². The van der Waals surface area contributed by atoms with Crippen molar-refractivity contribution in [2.75, 3.05) is 46.5 Å². The lowest BCUT2D eigenvalue weighted by atomic mass is 9.97. The highest BCUT2D eigenvalue weighted by Gasteiger charge is 2.25. The average Bonchev–Trinajstić information content (AvgIpc) is 2.59. The fourth-order valence-electron chi connectivity index (χ4n) is 3.00. The molecule has 1 unspecified atom stereocenters. The van der Waals surface area contributed by atoms with Gasteiger partial charge in [0.05, 0.1) is 12.2 Å². The summed E-state index contributed by atoms with van der Waals surface area (Å²) in [4.78, 5) is 14.8. The van der Waals surface area contributed by atoms with E-state index in [1.807, 2.05) is 43.1 Å². The maximum atomic E-state index is 12.9. The molecular formula is C18H28N2O3. The summed E-state index contributed by atoms with van der Waals surface area (Å²) in [5, 5.41) is 3.21.